The maximum absolute atomic E-state index is 11.9. The third-order valence-electron chi connectivity index (χ3n) is 4.94. The standard InChI is InChI=1S/C18H22N2O3/c21-12-9-13-7-10-20(11-8-13)15-3-1-14(2-4-15)16-5-6-17(22)19-18(16)23/h1-4,12-13,16H,5-11H2,(H,19,22,23). The van der Waals surface area contributed by atoms with Crippen LogP contribution in [-0.4, -0.2) is 31.2 Å². The number of hydrogen-bond donors (Lipinski definition) is 1. The van der Waals surface area contributed by atoms with E-state index in [4.69, 9.17) is 0 Å². The number of hydrogen-bond acceptors (Lipinski definition) is 4. The van der Waals surface area contributed by atoms with Crippen LogP contribution >= 0.6 is 0 Å². The van der Waals surface area contributed by atoms with Crippen molar-refractivity contribution in [3.05, 3.63) is 29.8 Å². The van der Waals surface area contributed by atoms with Crippen molar-refractivity contribution in [3.8, 4) is 0 Å². The number of anilines is 1. The van der Waals surface area contributed by atoms with Crippen molar-refractivity contribution >= 4 is 23.8 Å². The molecule has 0 radical (unpaired) electrons. The average Bonchev–Trinajstić information content (AvgIpc) is 2.56. The Hall–Kier alpha value is -2.17. The molecule has 0 aromatic heterocycles. The molecule has 0 bridgehead atoms. The first kappa shape index (κ1) is 15.7. The third-order valence-corrected chi connectivity index (χ3v) is 4.94. The van der Waals surface area contributed by atoms with Crippen molar-refractivity contribution in [2.45, 2.75) is 38.0 Å². The lowest BCUT2D eigenvalue weighted by Crippen LogP contribution is -2.39. The molecule has 3 rings (SSSR count). The molecule has 5 nitrogen and oxygen atoms in total. The first-order valence-corrected chi connectivity index (χ1v) is 8.29. The fourth-order valence-electron chi connectivity index (χ4n) is 3.49. The van der Waals surface area contributed by atoms with E-state index in [2.05, 4.69) is 22.3 Å². The van der Waals surface area contributed by atoms with E-state index < -0.39 is 0 Å². The highest BCUT2D eigenvalue weighted by molar-refractivity contribution is 6.00. The second-order valence-electron chi connectivity index (χ2n) is 6.43. The van der Waals surface area contributed by atoms with Gasteiger partial charge in [-0.25, -0.2) is 0 Å². The second-order valence-corrected chi connectivity index (χ2v) is 6.43. The van der Waals surface area contributed by atoms with Gasteiger partial charge in [-0.1, -0.05) is 12.1 Å². The SMILES string of the molecule is O=CCC1CCN(c2ccc(C3CCC(=O)NC3=O)cc2)CC1. The highest BCUT2D eigenvalue weighted by Crippen LogP contribution is 2.29. The summed E-state index contributed by atoms with van der Waals surface area (Å²) >= 11 is 0. The van der Waals surface area contributed by atoms with Gasteiger partial charge in [-0.3, -0.25) is 14.9 Å². The van der Waals surface area contributed by atoms with Crippen LogP contribution in [0.4, 0.5) is 5.69 Å². The summed E-state index contributed by atoms with van der Waals surface area (Å²) in [5.74, 6) is -0.0729. The van der Waals surface area contributed by atoms with E-state index in [1.165, 1.54) is 0 Å². The Morgan fingerprint density at radius 3 is 2.39 bits per heavy atom. The lowest BCUT2D eigenvalue weighted by Gasteiger charge is -2.33. The first-order chi connectivity index (χ1) is 11.2. The fourth-order valence-corrected chi connectivity index (χ4v) is 3.49. The molecule has 0 spiro atoms. The van der Waals surface area contributed by atoms with Gasteiger partial charge in [0.25, 0.3) is 0 Å². The average molecular weight is 314 g/mol. The summed E-state index contributed by atoms with van der Waals surface area (Å²) in [6, 6.07) is 8.10. The normalized spacial score (nSPS) is 22.8. The molecule has 5 heteroatoms. The highest BCUT2D eigenvalue weighted by Gasteiger charge is 2.28. The number of amides is 2. The summed E-state index contributed by atoms with van der Waals surface area (Å²) in [5.41, 5.74) is 2.13. The van der Waals surface area contributed by atoms with Crippen LogP contribution in [0.25, 0.3) is 0 Å². The monoisotopic (exact) mass is 314 g/mol. The van der Waals surface area contributed by atoms with Crippen LogP contribution in [0, 0.1) is 5.92 Å². The first-order valence-electron chi connectivity index (χ1n) is 8.29. The van der Waals surface area contributed by atoms with E-state index >= 15 is 0 Å². The third kappa shape index (κ3) is 3.60. The van der Waals surface area contributed by atoms with Crippen LogP contribution in [0.5, 0.6) is 0 Å². The van der Waals surface area contributed by atoms with Crippen molar-refractivity contribution in [1.82, 2.24) is 5.32 Å². The molecule has 1 aromatic rings. The molecular weight excluding hydrogens is 292 g/mol. The van der Waals surface area contributed by atoms with Gasteiger partial charge in [-0.05, 0) is 42.9 Å². The quantitative estimate of drug-likeness (QED) is 0.682. The number of nitrogens with zero attached hydrogens (tertiary/aromatic N) is 1. The summed E-state index contributed by atoms with van der Waals surface area (Å²) in [5, 5.41) is 2.41. The van der Waals surface area contributed by atoms with Gasteiger partial charge in [0, 0.05) is 31.6 Å². The van der Waals surface area contributed by atoms with Gasteiger partial charge in [0.1, 0.15) is 6.29 Å². The molecule has 0 aliphatic carbocycles. The van der Waals surface area contributed by atoms with Crippen LogP contribution in [0.3, 0.4) is 0 Å². The number of carbonyl (C=O) groups excluding carboxylic acids is 3. The maximum Gasteiger partial charge on any atom is 0.234 e. The minimum atomic E-state index is -0.222. The Bertz CT molecular complexity index is 589. The van der Waals surface area contributed by atoms with Gasteiger partial charge in [-0.2, -0.15) is 0 Å². The Labute approximate surface area is 136 Å². The molecule has 2 saturated heterocycles. The molecule has 23 heavy (non-hydrogen) atoms. The second kappa shape index (κ2) is 6.94. The molecule has 2 aliphatic rings. The van der Waals surface area contributed by atoms with E-state index in [0.29, 0.717) is 25.2 Å². The van der Waals surface area contributed by atoms with Crippen LogP contribution in [-0.2, 0) is 14.4 Å². The van der Waals surface area contributed by atoms with Crippen LogP contribution in [0.1, 0.15) is 43.6 Å². The number of piperidine rings is 2. The maximum atomic E-state index is 11.9. The van der Waals surface area contributed by atoms with Crippen LogP contribution in [0.15, 0.2) is 24.3 Å². The summed E-state index contributed by atoms with van der Waals surface area (Å²) in [6.07, 6.45) is 4.78. The minimum Gasteiger partial charge on any atom is -0.372 e. The van der Waals surface area contributed by atoms with Gasteiger partial charge in [0.2, 0.25) is 11.8 Å². The molecule has 2 heterocycles. The van der Waals surface area contributed by atoms with Gasteiger partial charge in [0.05, 0.1) is 5.92 Å². The molecule has 1 aromatic carbocycles. The molecule has 1 atom stereocenters. The number of aldehydes is 1. The predicted octanol–water partition coefficient (Wildman–Crippen LogP) is 2.01. The number of imide groups is 1. The van der Waals surface area contributed by atoms with Crippen molar-refractivity contribution in [2.75, 3.05) is 18.0 Å². The van der Waals surface area contributed by atoms with Crippen LogP contribution in [0.2, 0.25) is 0 Å². The Kier molecular flexibility index (Phi) is 4.74. The largest absolute Gasteiger partial charge is 0.372 e. The highest BCUT2D eigenvalue weighted by atomic mass is 16.2. The van der Waals surface area contributed by atoms with E-state index in [1.807, 2.05) is 12.1 Å². The van der Waals surface area contributed by atoms with E-state index in [9.17, 15) is 14.4 Å². The lowest BCUT2D eigenvalue weighted by molar-refractivity contribution is -0.134. The molecule has 1 unspecified atom stereocenters. The van der Waals surface area contributed by atoms with Gasteiger partial charge in [0.15, 0.2) is 0 Å². The number of benzene rings is 1. The van der Waals surface area contributed by atoms with Gasteiger partial charge >= 0.3 is 0 Å². The lowest BCUT2D eigenvalue weighted by atomic mass is 9.90. The summed E-state index contributed by atoms with van der Waals surface area (Å²) < 4.78 is 0. The topological polar surface area (TPSA) is 66.5 Å². The van der Waals surface area contributed by atoms with E-state index in [1.54, 1.807) is 0 Å². The molecule has 0 saturated carbocycles. The molecule has 122 valence electrons. The zero-order chi connectivity index (χ0) is 16.2. The zero-order valence-electron chi connectivity index (χ0n) is 13.2. The van der Waals surface area contributed by atoms with Gasteiger partial charge < -0.3 is 9.69 Å². The van der Waals surface area contributed by atoms with Crippen molar-refractivity contribution in [1.29, 1.82) is 0 Å². The minimum absolute atomic E-state index is 0.180. The Morgan fingerprint density at radius 1 is 1.09 bits per heavy atom. The van der Waals surface area contributed by atoms with Crippen molar-refractivity contribution in [3.63, 3.8) is 0 Å². The van der Waals surface area contributed by atoms with Crippen LogP contribution < -0.4 is 10.2 Å². The molecular formula is C18H22N2O3. The predicted molar refractivity (Wildman–Crippen MR) is 87.2 cm³/mol. The number of nitrogens with one attached hydrogen (secondary N) is 1. The number of rotatable bonds is 4. The van der Waals surface area contributed by atoms with Gasteiger partial charge in [-0.15, -0.1) is 0 Å². The fraction of sp³-hybridized carbons (Fsp3) is 0.500. The number of carbonyl (C=O) groups is 3. The van der Waals surface area contributed by atoms with Crippen molar-refractivity contribution in [2.24, 2.45) is 5.92 Å². The molecule has 2 aliphatic heterocycles. The summed E-state index contributed by atoms with van der Waals surface area (Å²) in [4.78, 5) is 36.1. The smallest absolute Gasteiger partial charge is 0.234 e. The van der Waals surface area contributed by atoms with E-state index in [0.717, 1.165) is 43.5 Å². The summed E-state index contributed by atoms with van der Waals surface area (Å²) in [7, 11) is 0. The molecule has 2 amide bonds. The summed E-state index contributed by atoms with van der Waals surface area (Å²) in [6.45, 7) is 1.94. The molecule has 1 N–H and O–H groups in total. The van der Waals surface area contributed by atoms with E-state index in [-0.39, 0.29) is 17.7 Å². The Balaban J connectivity index is 1.62. The Morgan fingerprint density at radius 2 is 1.78 bits per heavy atom. The van der Waals surface area contributed by atoms with Crippen molar-refractivity contribution < 1.29 is 14.4 Å². The molecule has 2 fully saturated rings. The zero-order valence-corrected chi connectivity index (χ0v) is 13.2.